The second kappa shape index (κ2) is 6.24. The summed E-state index contributed by atoms with van der Waals surface area (Å²) in [5.74, 6) is 0.263. The molecule has 2 aliphatic rings. The lowest BCUT2D eigenvalue weighted by Gasteiger charge is -2.25. The van der Waals surface area contributed by atoms with Crippen LogP contribution in [0.5, 0.6) is 0 Å². The van der Waals surface area contributed by atoms with Crippen molar-refractivity contribution in [3.63, 3.8) is 0 Å². The van der Waals surface area contributed by atoms with Gasteiger partial charge in [0.15, 0.2) is 0 Å². The third-order valence-corrected chi connectivity index (χ3v) is 3.85. The summed E-state index contributed by atoms with van der Waals surface area (Å²) in [6.07, 6.45) is 10.6. The summed E-state index contributed by atoms with van der Waals surface area (Å²) < 4.78 is 0. The lowest BCUT2D eigenvalue weighted by Crippen LogP contribution is -2.37. The molecular formula is C13H24N2O. The molecule has 3 nitrogen and oxygen atoms in total. The molecule has 16 heavy (non-hydrogen) atoms. The zero-order valence-electron chi connectivity index (χ0n) is 10.1. The molecule has 2 saturated heterocycles. The van der Waals surface area contributed by atoms with Gasteiger partial charge in [0.2, 0.25) is 5.91 Å². The van der Waals surface area contributed by atoms with Crippen LogP contribution in [0.4, 0.5) is 0 Å². The van der Waals surface area contributed by atoms with E-state index in [1.807, 2.05) is 0 Å². The van der Waals surface area contributed by atoms with Crippen LogP contribution < -0.4 is 10.6 Å². The van der Waals surface area contributed by atoms with Crippen molar-refractivity contribution < 1.29 is 4.79 Å². The van der Waals surface area contributed by atoms with E-state index < -0.39 is 0 Å². The second-order valence-corrected chi connectivity index (χ2v) is 5.23. The van der Waals surface area contributed by atoms with E-state index in [1.165, 1.54) is 45.1 Å². The summed E-state index contributed by atoms with van der Waals surface area (Å²) in [5.41, 5.74) is 0. The molecule has 0 spiro atoms. The predicted octanol–water partition coefficient (Wildman–Crippen LogP) is 1.97. The summed E-state index contributed by atoms with van der Waals surface area (Å²) in [4.78, 5) is 11.4. The van der Waals surface area contributed by atoms with E-state index in [0.717, 1.165) is 19.3 Å². The first-order valence-corrected chi connectivity index (χ1v) is 6.87. The Hall–Kier alpha value is -0.570. The van der Waals surface area contributed by atoms with Crippen molar-refractivity contribution in [2.75, 3.05) is 6.54 Å². The highest BCUT2D eigenvalue weighted by molar-refractivity contribution is 5.76. The van der Waals surface area contributed by atoms with Crippen LogP contribution in [0.3, 0.4) is 0 Å². The molecule has 2 unspecified atom stereocenters. The lowest BCUT2D eigenvalue weighted by atomic mass is 9.96. The molecule has 0 radical (unpaired) electrons. The van der Waals surface area contributed by atoms with Crippen LogP contribution in [0.1, 0.15) is 57.8 Å². The minimum absolute atomic E-state index is 0.263. The number of nitrogens with one attached hydrogen (secondary N) is 2. The molecule has 2 atom stereocenters. The van der Waals surface area contributed by atoms with Crippen LogP contribution in [0.25, 0.3) is 0 Å². The van der Waals surface area contributed by atoms with Crippen molar-refractivity contribution in [3.8, 4) is 0 Å². The van der Waals surface area contributed by atoms with Gasteiger partial charge in [0, 0.05) is 18.5 Å². The molecule has 0 aromatic rings. The molecule has 2 rings (SSSR count). The molecule has 3 heteroatoms. The Morgan fingerprint density at radius 3 is 2.56 bits per heavy atom. The second-order valence-electron chi connectivity index (χ2n) is 5.23. The monoisotopic (exact) mass is 224 g/mol. The standard InChI is InChI=1S/C13H24N2O/c16-13-7-2-1-6-12(15-13)9-8-11-5-3-4-10-14-11/h11-12,14H,1-10H2,(H,15,16). The highest BCUT2D eigenvalue weighted by Gasteiger charge is 2.18. The Kier molecular flexibility index (Phi) is 4.64. The number of carbonyl (C=O) groups is 1. The van der Waals surface area contributed by atoms with E-state index in [1.54, 1.807) is 0 Å². The molecule has 2 heterocycles. The minimum atomic E-state index is 0.263. The van der Waals surface area contributed by atoms with E-state index in [0.29, 0.717) is 12.1 Å². The summed E-state index contributed by atoms with van der Waals surface area (Å²) in [6.45, 7) is 1.18. The SMILES string of the molecule is O=C1CCCCC(CCC2CCCCN2)N1. The van der Waals surface area contributed by atoms with Gasteiger partial charge in [0.05, 0.1) is 0 Å². The molecule has 0 bridgehead atoms. The average Bonchev–Trinajstić information content (AvgIpc) is 2.52. The largest absolute Gasteiger partial charge is 0.353 e. The number of hydrogen-bond donors (Lipinski definition) is 2. The molecule has 1 amide bonds. The maximum Gasteiger partial charge on any atom is 0.220 e. The van der Waals surface area contributed by atoms with Crippen LogP contribution >= 0.6 is 0 Å². The van der Waals surface area contributed by atoms with Crippen molar-refractivity contribution >= 4 is 5.91 Å². The molecule has 0 saturated carbocycles. The molecule has 92 valence electrons. The average molecular weight is 224 g/mol. The van der Waals surface area contributed by atoms with Crippen LogP contribution in [0, 0.1) is 0 Å². The zero-order valence-corrected chi connectivity index (χ0v) is 10.1. The Labute approximate surface area is 98.4 Å². The van der Waals surface area contributed by atoms with Gasteiger partial charge in [-0.15, -0.1) is 0 Å². The fourth-order valence-corrected chi connectivity index (χ4v) is 2.84. The van der Waals surface area contributed by atoms with E-state index in [2.05, 4.69) is 10.6 Å². The molecule has 2 fully saturated rings. The molecule has 2 aliphatic heterocycles. The van der Waals surface area contributed by atoms with Crippen molar-refractivity contribution in [1.29, 1.82) is 0 Å². The third kappa shape index (κ3) is 3.78. The number of amides is 1. The number of carbonyl (C=O) groups excluding carboxylic acids is 1. The zero-order chi connectivity index (χ0) is 11.2. The Balaban J connectivity index is 1.69. The van der Waals surface area contributed by atoms with Crippen LogP contribution in [0.2, 0.25) is 0 Å². The van der Waals surface area contributed by atoms with Crippen molar-refractivity contribution in [2.45, 2.75) is 69.9 Å². The highest BCUT2D eigenvalue weighted by atomic mass is 16.1. The fourth-order valence-electron chi connectivity index (χ4n) is 2.84. The molecule has 2 N–H and O–H groups in total. The first kappa shape index (κ1) is 11.9. The van der Waals surface area contributed by atoms with E-state index in [9.17, 15) is 4.79 Å². The van der Waals surface area contributed by atoms with Gasteiger partial charge in [-0.2, -0.15) is 0 Å². The maximum atomic E-state index is 11.4. The van der Waals surface area contributed by atoms with Gasteiger partial charge in [-0.1, -0.05) is 12.8 Å². The Morgan fingerprint density at radius 2 is 1.75 bits per heavy atom. The van der Waals surface area contributed by atoms with Gasteiger partial charge in [-0.25, -0.2) is 0 Å². The molecule has 0 aromatic carbocycles. The molecule has 0 aromatic heterocycles. The van der Waals surface area contributed by atoms with Gasteiger partial charge in [0.1, 0.15) is 0 Å². The predicted molar refractivity (Wildman–Crippen MR) is 65.3 cm³/mol. The van der Waals surface area contributed by atoms with Crippen LogP contribution in [0.15, 0.2) is 0 Å². The first-order chi connectivity index (χ1) is 7.84. The van der Waals surface area contributed by atoms with Gasteiger partial charge < -0.3 is 10.6 Å². The molecular weight excluding hydrogens is 200 g/mol. The smallest absolute Gasteiger partial charge is 0.220 e. The minimum Gasteiger partial charge on any atom is -0.353 e. The number of piperidine rings is 1. The van der Waals surface area contributed by atoms with Crippen molar-refractivity contribution in [2.24, 2.45) is 0 Å². The quantitative estimate of drug-likeness (QED) is 0.769. The summed E-state index contributed by atoms with van der Waals surface area (Å²) in [7, 11) is 0. The summed E-state index contributed by atoms with van der Waals surface area (Å²) in [6, 6.07) is 1.15. The first-order valence-electron chi connectivity index (χ1n) is 6.87. The maximum absolute atomic E-state index is 11.4. The molecule has 0 aliphatic carbocycles. The highest BCUT2D eigenvalue weighted by Crippen LogP contribution is 2.17. The van der Waals surface area contributed by atoms with Crippen LogP contribution in [-0.2, 0) is 4.79 Å². The van der Waals surface area contributed by atoms with Gasteiger partial charge in [-0.3, -0.25) is 4.79 Å². The lowest BCUT2D eigenvalue weighted by molar-refractivity contribution is -0.121. The van der Waals surface area contributed by atoms with E-state index in [-0.39, 0.29) is 5.91 Å². The Morgan fingerprint density at radius 1 is 1.00 bits per heavy atom. The normalized spacial score (nSPS) is 31.9. The van der Waals surface area contributed by atoms with Crippen LogP contribution in [-0.4, -0.2) is 24.5 Å². The Bertz CT molecular complexity index is 224. The van der Waals surface area contributed by atoms with Gasteiger partial charge >= 0.3 is 0 Å². The third-order valence-electron chi connectivity index (χ3n) is 3.85. The summed E-state index contributed by atoms with van der Waals surface area (Å²) in [5, 5.41) is 6.72. The van der Waals surface area contributed by atoms with Crippen molar-refractivity contribution in [1.82, 2.24) is 10.6 Å². The summed E-state index contributed by atoms with van der Waals surface area (Å²) >= 11 is 0. The van der Waals surface area contributed by atoms with E-state index in [4.69, 9.17) is 0 Å². The van der Waals surface area contributed by atoms with Gasteiger partial charge in [-0.05, 0) is 45.1 Å². The topological polar surface area (TPSA) is 41.1 Å². The van der Waals surface area contributed by atoms with Gasteiger partial charge in [0.25, 0.3) is 0 Å². The van der Waals surface area contributed by atoms with E-state index >= 15 is 0 Å². The number of hydrogen-bond acceptors (Lipinski definition) is 2. The van der Waals surface area contributed by atoms with Crippen molar-refractivity contribution in [3.05, 3.63) is 0 Å². The fraction of sp³-hybridized carbons (Fsp3) is 0.923. The number of rotatable bonds is 3.